The van der Waals surface area contributed by atoms with Gasteiger partial charge in [0.2, 0.25) is 5.88 Å². The van der Waals surface area contributed by atoms with Gasteiger partial charge in [-0.25, -0.2) is 9.78 Å². The number of fused-ring (bicyclic) bond motifs is 1. The highest BCUT2D eigenvalue weighted by Gasteiger charge is 2.13. The zero-order valence-corrected chi connectivity index (χ0v) is 15.3. The number of hydrogen-bond donors (Lipinski definition) is 1. The van der Waals surface area contributed by atoms with E-state index in [0.29, 0.717) is 18.5 Å². The lowest BCUT2D eigenvalue weighted by atomic mass is 10.3. The van der Waals surface area contributed by atoms with Crippen LogP contribution in [0.1, 0.15) is 36.7 Å². The van der Waals surface area contributed by atoms with Crippen molar-refractivity contribution in [1.29, 1.82) is 0 Å². The zero-order valence-electron chi connectivity index (χ0n) is 15.3. The van der Waals surface area contributed by atoms with Gasteiger partial charge in [-0.15, -0.1) is 0 Å². The molecule has 0 fully saturated rings. The number of nitrogens with zero attached hydrogens (tertiary/aromatic N) is 3. The molecule has 0 aliphatic heterocycles. The van der Waals surface area contributed by atoms with Crippen molar-refractivity contribution in [2.45, 2.75) is 26.2 Å². The van der Waals surface area contributed by atoms with Gasteiger partial charge in [-0.2, -0.15) is 4.98 Å². The highest BCUT2D eigenvalue weighted by atomic mass is 16.5. The Morgan fingerprint density at radius 2 is 1.93 bits per heavy atom. The van der Waals surface area contributed by atoms with E-state index in [1.807, 2.05) is 24.3 Å². The Bertz CT molecular complexity index is 861. The number of ether oxygens (including phenoxy) is 1. The summed E-state index contributed by atoms with van der Waals surface area (Å²) in [6, 6.07) is 13.1. The summed E-state index contributed by atoms with van der Waals surface area (Å²) in [5.41, 5.74) is 1.60. The summed E-state index contributed by atoms with van der Waals surface area (Å²) in [7, 11) is 0. The first-order valence-electron chi connectivity index (χ1n) is 9.11. The molecule has 2 aromatic heterocycles. The Morgan fingerprint density at radius 1 is 1.11 bits per heavy atom. The van der Waals surface area contributed by atoms with Crippen LogP contribution in [0.15, 0.2) is 46.9 Å². The molecule has 0 bridgehead atoms. The second-order valence-corrected chi connectivity index (χ2v) is 6.17. The minimum Gasteiger partial charge on any atom is -0.478 e. The van der Waals surface area contributed by atoms with E-state index in [1.165, 1.54) is 6.07 Å². The van der Waals surface area contributed by atoms with Crippen molar-refractivity contribution in [3.8, 4) is 5.88 Å². The molecule has 0 saturated carbocycles. The lowest BCUT2D eigenvalue weighted by Crippen LogP contribution is -2.27. The molecular weight excluding hydrogens is 346 g/mol. The van der Waals surface area contributed by atoms with Gasteiger partial charge in [0.05, 0.1) is 6.61 Å². The molecule has 1 N–H and O–H groups in total. The molecule has 1 aromatic carbocycles. The smallest absolute Gasteiger partial charge is 0.354 e. The molecule has 0 atom stereocenters. The lowest BCUT2D eigenvalue weighted by molar-refractivity contribution is 0.0689. The Hall–Kier alpha value is -3.09. The average Bonchev–Trinajstić information content (AvgIpc) is 3.11. The predicted octanol–water partition coefficient (Wildman–Crippen LogP) is 4.00. The minimum atomic E-state index is -1.07. The molecule has 3 aromatic rings. The first-order chi connectivity index (χ1) is 13.2. The van der Waals surface area contributed by atoms with E-state index < -0.39 is 5.97 Å². The standard InChI is InChI=1S/C20H23N3O4/c1-2-3-12-23(20-22-15-8-4-5-10-17(15)27-20)13-7-14-26-18-11-6-9-16(21-18)19(24)25/h4-6,8-11H,2-3,7,12-14H2,1H3,(H,24,25). The molecule has 3 rings (SSSR count). The molecule has 7 heteroatoms. The molecule has 0 unspecified atom stereocenters. The molecule has 0 spiro atoms. The van der Waals surface area contributed by atoms with Gasteiger partial charge in [0.15, 0.2) is 11.3 Å². The summed E-state index contributed by atoms with van der Waals surface area (Å²) in [4.78, 5) is 21.6. The first kappa shape index (κ1) is 18.7. The monoisotopic (exact) mass is 369 g/mol. The fourth-order valence-electron chi connectivity index (χ4n) is 2.69. The molecule has 0 amide bonds. The minimum absolute atomic E-state index is 0.0245. The molecule has 0 radical (unpaired) electrons. The summed E-state index contributed by atoms with van der Waals surface area (Å²) >= 11 is 0. The summed E-state index contributed by atoms with van der Waals surface area (Å²) in [6.07, 6.45) is 2.86. The van der Waals surface area contributed by atoms with Crippen LogP contribution in [-0.4, -0.2) is 40.7 Å². The molecule has 7 nitrogen and oxygen atoms in total. The Kier molecular flexibility index (Phi) is 6.25. The number of benzene rings is 1. The number of aromatic carboxylic acids is 1. The maximum atomic E-state index is 11.0. The predicted molar refractivity (Wildman–Crippen MR) is 102 cm³/mol. The number of hydrogen-bond acceptors (Lipinski definition) is 6. The highest BCUT2D eigenvalue weighted by Crippen LogP contribution is 2.22. The number of para-hydroxylation sites is 2. The van der Waals surface area contributed by atoms with Crippen LogP contribution in [0, 0.1) is 0 Å². The van der Waals surface area contributed by atoms with Crippen LogP contribution in [0.4, 0.5) is 6.01 Å². The van der Waals surface area contributed by atoms with Crippen LogP contribution in [0.5, 0.6) is 5.88 Å². The van der Waals surface area contributed by atoms with E-state index >= 15 is 0 Å². The third-order valence-corrected chi connectivity index (χ3v) is 4.10. The lowest BCUT2D eigenvalue weighted by Gasteiger charge is -2.20. The number of anilines is 1. The highest BCUT2D eigenvalue weighted by molar-refractivity contribution is 5.85. The Labute approximate surface area is 157 Å². The fraction of sp³-hybridized carbons (Fsp3) is 0.350. The molecule has 142 valence electrons. The van der Waals surface area contributed by atoms with Crippen molar-refractivity contribution in [3.05, 3.63) is 48.2 Å². The molecular formula is C20H23N3O4. The van der Waals surface area contributed by atoms with E-state index in [-0.39, 0.29) is 5.69 Å². The van der Waals surface area contributed by atoms with Crippen LogP contribution in [0.3, 0.4) is 0 Å². The van der Waals surface area contributed by atoms with Crippen molar-refractivity contribution in [2.24, 2.45) is 0 Å². The summed E-state index contributed by atoms with van der Waals surface area (Å²) in [5, 5.41) is 8.98. The summed E-state index contributed by atoms with van der Waals surface area (Å²) < 4.78 is 11.5. The maximum absolute atomic E-state index is 11.0. The van der Waals surface area contributed by atoms with Crippen LogP contribution in [0.25, 0.3) is 11.1 Å². The molecule has 0 aliphatic carbocycles. The quantitative estimate of drug-likeness (QED) is 0.540. The van der Waals surface area contributed by atoms with Crippen molar-refractivity contribution in [2.75, 3.05) is 24.6 Å². The van der Waals surface area contributed by atoms with Crippen molar-refractivity contribution < 1.29 is 19.1 Å². The van der Waals surface area contributed by atoms with Gasteiger partial charge in [-0.1, -0.05) is 31.5 Å². The van der Waals surface area contributed by atoms with E-state index in [2.05, 4.69) is 21.8 Å². The molecule has 0 saturated heterocycles. The third-order valence-electron chi connectivity index (χ3n) is 4.10. The number of carbonyl (C=O) groups is 1. The SMILES string of the molecule is CCCCN(CCCOc1cccc(C(=O)O)n1)c1nc2ccccc2o1. The third kappa shape index (κ3) is 4.97. The van der Waals surface area contributed by atoms with Crippen molar-refractivity contribution in [3.63, 3.8) is 0 Å². The number of rotatable bonds is 10. The van der Waals surface area contributed by atoms with E-state index in [4.69, 9.17) is 14.3 Å². The molecule has 0 aliphatic rings. The summed E-state index contributed by atoms with van der Waals surface area (Å²) in [5.74, 6) is -0.751. The van der Waals surface area contributed by atoms with Gasteiger partial charge in [0.25, 0.3) is 6.01 Å². The van der Waals surface area contributed by atoms with Gasteiger partial charge in [0, 0.05) is 19.2 Å². The topological polar surface area (TPSA) is 88.7 Å². The average molecular weight is 369 g/mol. The van der Waals surface area contributed by atoms with Gasteiger partial charge in [0.1, 0.15) is 5.52 Å². The zero-order chi connectivity index (χ0) is 19.1. The van der Waals surface area contributed by atoms with Gasteiger partial charge in [-0.05, 0) is 31.0 Å². The van der Waals surface area contributed by atoms with Crippen LogP contribution < -0.4 is 9.64 Å². The number of unbranched alkanes of at least 4 members (excludes halogenated alkanes) is 1. The molecule has 27 heavy (non-hydrogen) atoms. The van der Waals surface area contributed by atoms with Gasteiger partial charge >= 0.3 is 5.97 Å². The van der Waals surface area contributed by atoms with Crippen molar-refractivity contribution in [1.82, 2.24) is 9.97 Å². The number of oxazole rings is 1. The van der Waals surface area contributed by atoms with Gasteiger partial charge < -0.3 is 19.2 Å². The van der Waals surface area contributed by atoms with E-state index in [9.17, 15) is 4.79 Å². The Balaban J connectivity index is 1.58. The maximum Gasteiger partial charge on any atom is 0.354 e. The van der Waals surface area contributed by atoms with E-state index in [1.54, 1.807) is 12.1 Å². The van der Waals surface area contributed by atoms with Crippen molar-refractivity contribution >= 4 is 23.1 Å². The van der Waals surface area contributed by atoms with Crippen LogP contribution in [-0.2, 0) is 0 Å². The second-order valence-electron chi connectivity index (χ2n) is 6.17. The number of carboxylic acid groups (broad SMARTS) is 1. The fourth-order valence-corrected chi connectivity index (χ4v) is 2.69. The summed E-state index contributed by atoms with van der Waals surface area (Å²) in [6.45, 7) is 4.16. The number of aromatic nitrogens is 2. The number of carboxylic acids is 1. The Morgan fingerprint density at radius 3 is 2.70 bits per heavy atom. The van der Waals surface area contributed by atoms with Crippen LogP contribution in [0.2, 0.25) is 0 Å². The number of pyridine rings is 1. The first-order valence-corrected chi connectivity index (χ1v) is 9.11. The molecule has 2 heterocycles. The van der Waals surface area contributed by atoms with Gasteiger partial charge in [-0.3, -0.25) is 0 Å². The van der Waals surface area contributed by atoms with E-state index in [0.717, 1.165) is 43.5 Å². The second kappa shape index (κ2) is 9.02. The largest absolute Gasteiger partial charge is 0.478 e. The van der Waals surface area contributed by atoms with Crippen LogP contribution >= 0.6 is 0 Å². The normalized spacial score (nSPS) is 10.9.